The Kier molecular flexibility index (Phi) is 6.19. The van der Waals surface area contributed by atoms with Crippen molar-refractivity contribution in [2.75, 3.05) is 32.1 Å². The number of ether oxygens (including phenoxy) is 1. The summed E-state index contributed by atoms with van der Waals surface area (Å²) in [7, 11) is 2.77. The normalized spacial score (nSPS) is 9.81. The second-order valence-corrected chi connectivity index (χ2v) is 4.35. The molecular weight excluding hydrogens is 276 g/mol. The lowest BCUT2D eigenvalue weighted by Crippen LogP contribution is -2.44. The van der Waals surface area contributed by atoms with Gasteiger partial charge in [-0.25, -0.2) is 4.79 Å². The summed E-state index contributed by atoms with van der Waals surface area (Å²) in [6.45, 7) is -0.306. The summed E-state index contributed by atoms with van der Waals surface area (Å²) in [4.78, 5) is 36.8. The molecule has 114 valence electrons. The van der Waals surface area contributed by atoms with Crippen LogP contribution in [0.5, 0.6) is 0 Å². The van der Waals surface area contributed by atoms with Gasteiger partial charge in [0.25, 0.3) is 0 Å². The van der Waals surface area contributed by atoms with E-state index in [-0.39, 0.29) is 13.0 Å². The number of hydrogen-bond donors (Lipinski definition) is 1. The Morgan fingerprint density at radius 3 is 2.33 bits per heavy atom. The van der Waals surface area contributed by atoms with Crippen molar-refractivity contribution in [1.82, 2.24) is 4.90 Å². The molecule has 1 aromatic carbocycles. The number of amides is 2. The highest BCUT2D eigenvalue weighted by molar-refractivity contribution is 5.96. The summed E-state index contributed by atoms with van der Waals surface area (Å²) in [5.41, 5.74) is 0.481. The highest BCUT2D eigenvalue weighted by Crippen LogP contribution is 2.15. The minimum atomic E-state index is -1.12. The van der Waals surface area contributed by atoms with E-state index in [1.165, 1.54) is 19.1 Å². The molecule has 7 heteroatoms. The number of carbonyl (C=O) groups excluding carboxylic acids is 2. The van der Waals surface area contributed by atoms with E-state index in [0.717, 1.165) is 4.90 Å². The number of carboxylic acids is 1. The fourth-order valence-corrected chi connectivity index (χ4v) is 1.68. The topological polar surface area (TPSA) is 87.2 Å². The Hall–Kier alpha value is -2.57. The second-order valence-electron chi connectivity index (χ2n) is 4.35. The quantitative estimate of drug-likeness (QED) is 0.796. The van der Waals surface area contributed by atoms with Crippen LogP contribution >= 0.6 is 0 Å². The zero-order valence-electron chi connectivity index (χ0n) is 12.0. The molecule has 0 aliphatic rings. The summed E-state index contributed by atoms with van der Waals surface area (Å²) in [5.74, 6) is -1.55. The van der Waals surface area contributed by atoms with Crippen LogP contribution in [0.25, 0.3) is 0 Å². The zero-order valence-corrected chi connectivity index (χ0v) is 12.0. The SMILES string of the molecule is COC(=O)CCN(C)C(=O)N(CC(=O)O)c1ccccc1. The minimum absolute atomic E-state index is 0.0500. The zero-order chi connectivity index (χ0) is 15.8. The molecule has 21 heavy (non-hydrogen) atoms. The van der Waals surface area contributed by atoms with Crippen LogP contribution in [-0.4, -0.2) is 55.2 Å². The standard InChI is InChI=1S/C14H18N2O5/c1-15(9-8-13(19)21-2)14(20)16(10-12(17)18)11-6-4-3-5-7-11/h3-7H,8-10H2,1-2H3,(H,17,18). The molecule has 0 aliphatic heterocycles. The number of rotatable bonds is 6. The molecule has 1 aromatic rings. The third-order valence-electron chi connectivity index (χ3n) is 2.80. The number of carbonyl (C=O) groups is 3. The van der Waals surface area contributed by atoms with Crippen LogP contribution in [0.1, 0.15) is 6.42 Å². The lowest BCUT2D eigenvalue weighted by molar-refractivity contribution is -0.141. The predicted molar refractivity (Wildman–Crippen MR) is 76.1 cm³/mol. The number of nitrogens with zero attached hydrogens (tertiary/aromatic N) is 2. The molecule has 1 rings (SSSR count). The Morgan fingerprint density at radius 1 is 1.19 bits per heavy atom. The molecule has 0 unspecified atom stereocenters. The van der Waals surface area contributed by atoms with Gasteiger partial charge in [-0.2, -0.15) is 0 Å². The Morgan fingerprint density at radius 2 is 1.81 bits per heavy atom. The van der Waals surface area contributed by atoms with Gasteiger partial charge in [0.15, 0.2) is 0 Å². The van der Waals surface area contributed by atoms with E-state index in [9.17, 15) is 14.4 Å². The van der Waals surface area contributed by atoms with E-state index in [4.69, 9.17) is 5.11 Å². The maximum absolute atomic E-state index is 12.3. The van der Waals surface area contributed by atoms with Gasteiger partial charge in [0, 0.05) is 19.3 Å². The minimum Gasteiger partial charge on any atom is -0.480 e. The first-order chi connectivity index (χ1) is 9.95. The molecule has 2 amide bonds. The fraction of sp³-hybridized carbons (Fsp3) is 0.357. The molecule has 0 fully saturated rings. The third kappa shape index (κ3) is 5.13. The van der Waals surface area contributed by atoms with Crippen LogP contribution < -0.4 is 4.90 Å². The maximum Gasteiger partial charge on any atom is 0.324 e. The number of urea groups is 1. The van der Waals surface area contributed by atoms with Gasteiger partial charge in [-0.15, -0.1) is 0 Å². The largest absolute Gasteiger partial charge is 0.480 e. The van der Waals surface area contributed by atoms with Crippen molar-refractivity contribution in [2.45, 2.75) is 6.42 Å². The molecule has 0 radical (unpaired) electrons. The van der Waals surface area contributed by atoms with E-state index in [2.05, 4.69) is 4.74 Å². The van der Waals surface area contributed by atoms with Gasteiger partial charge >= 0.3 is 18.0 Å². The van der Waals surface area contributed by atoms with Gasteiger partial charge in [-0.3, -0.25) is 14.5 Å². The Labute approximate surface area is 122 Å². The van der Waals surface area contributed by atoms with E-state index >= 15 is 0 Å². The van der Waals surface area contributed by atoms with Gasteiger partial charge < -0.3 is 14.7 Å². The van der Waals surface area contributed by atoms with Crippen LogP contribution in [0.2, 0.25) is 0 Å². The van der Waals surface area contributed by atoms with Crippen molar-refractivity contribution in [3.8, 4) is 0 Å². The fourth-order valence-electron chi connectivity index (χ4n) is 1.68. The Balaban J connectivity index is 2.80. The highest BCUT2D eigenvalue weighted by Gasteiger charge is 2.22. The number of hydrogen-bond acceptors (Lipinski definition) is 4. The first-order valence-corrected chi connectivity index (χ1v) is 6.32. The number of aliphatic carboxylic acids is 1. The highest BCUT2D eigenvalue weighted by atomic mass is 16.5. The number of esters is 1. The molecule has 0 saturated heterocycles. The van der Waals surface area contributed by atoms with Crippen LogP contribution in [0.4, 0.5) is 10.5 Å². The number of carboxylic acid groups (broad SMARTS) is 1. The average Bonchev–Trinajstić information content (AvgIpc) is 2.49. The third-order valence-corrected chi connectivity index (χ3v) is 2.80. The first-order valence-electron chi connectivity index (χ1n) is 6.32. The first kappa shape index (κ1) is 16.5. The smallest absolute Gasteiger partial charge is 0.324 e. The van der Waals surface area contributed by atoms with Gasteiger partial charge in [-0.1, -0.05) is 18.2 Å². The molecule has 1 N–H and O–H groups in total. The van der Waals surface area contributed by atoms with Crippen LogP contribution in [0, 0.1) is 0 Å². The molecule has 0 aliphatic carbocycles. The van der Waals surface area contributed by atoms with Crippen molar-refractivity contribution in [3.05, 3.63) is 30.3 Å². The maximum atomic E-state index is 12.3. The number of methoxy groups -OCH3 is 1. The summed E-state index contributed by atoms with van der Waals surface area (Å²) >= 11 is 0. The molecule has 0 atom stereocenters. The van der Waals surface area contributed by atoms with E-state index in [1.54, 1.807) is 30.3 Å². The lowest BCUT2D eigenvalue weighted by Gasteiger charge is -2.26. The summed E-state index contributed by atoms with van der Waals surface area (Å²) in [5, 5.41) is 8.95. The van der Waals surface area contributed by atoms with Crippen molar-refractivity contribution in [1.29, 1.82) is 0 Å². The van der Waals surface area contributed by atoms with Crippen molar-refractivity contribution >= 4 is 23.7 Å². The molecule has 7 nitrogen and oxygen atoms in total. The van der Waals surface area contributed by atoms with Gasteiger partial charge in [0.1, 0.15) is 6.54 Å². The number of benzene rings is 1. The van der Waals surface area contributed by atoms with E-state index in [0.29, 0.717) is 5.69 Å². The van der Waals surface area contributed by atoms with E-state index in [1.807, 2.05) is 0 Å². The monoisotopic (exact) mass is 294 g/mol. The van der Waals surface area contributed by atoms with Gasteiger partial charge in [-0.05, 0) is 12.1 Å². The molecule has 0 aromatic heterocycles. The number of para-hydroxylation sites is 1. The van der Waals surface area contributed by atoms with Crippen molar-refractivity contribution in [3.63, 3.8) is 0 Å². The summed E-state index contributed by atoms with van der Waals surface area (Å²) in [6.07, 6.45) is 0.0500. The molecule has 0 spiro atoms. The predicted octanol–water partition coefficient (Wildman–Crippen LogP) is 1.19. The lowest BCUT2D eigenvalue weighted by atomic mass is 10.3. The summed E-state index contributed by atoms with van der Waals surface area (Å²) < 4.78 is 4.51. The van der Waals surface area contributed by atoms with Crippen LogP contribution in [0.3, 0.4) is 0 Å². The van der Waals surface area contributed by atoms with Crippen LogP contribution in [0.15, 0.2) is 30.3 Å². The van der Waals surface area contributed by atoms with E-state index < -0.39 is 24.5 Å². The van der Waals surface area contributed by atoms with Gasteiger partial charge in [0.2, 0.25) is 0 Å². The van der Waals surface area contributed by atoms with Crippen molar-refractivity contribution in [2.24, 2.45) is 0 Å². The molecular formula is C14H18N2O5. The summed E-state index contributed by atoms with van der Waals surface area (Å²) in [6, 6.07) is 8.00. The average molecular weight is 294 g/mol. The number of anilines is 1. The molecule has 0 heterocycles. The van der Waals surface area contributed by atoms with Crippen LogP contribution in [-0.2, 0) is 14.3 Å². The van der Waals surface area contributed by atoms with Gasteiger partial charge in [0.05, 0.1) is 13.5 Å². The second kappa shape index (κ2) is 7.88. The Bertz CT molecular complexity index is 503. The molecule has 0 saturated carbocycles. The van der Waals surface area contributed by atoms with Crippen molar-refractivity contribution < 1.29 is 24.2 Å². The molecule has 0 bridgehead atoms.